The molecule has 0 aliphatic heterocycles. The Hall–Kier alpha value is -2.20. The summed E-state index contributed by atoms with van der Waals surface area (Å²) in [5, 5.41) is 11.9. The van der Waals surface area contributed by atoms with Crippen LogP contribution in [-0.2, 0) is 11.0 Å². The van der Waals surface area contributed by atoms with Gasteiger partial charge in [0.1, 0.15) is 0 Å². The quantitative estimate of drug-likeness (QED) is 0.754. The molecule has 4 nitrogen and oxygen atoms in total. The minimum Gasteiger partial charge on any atom is -0.493 e. The van der Waals surface area contributed by atoms with E-state index in [0.717, 1.165) is 42.5 Å². The highest BCUT2D eigenvalue weighted by molar-refractivity contribution is 5.51. The van der Waals surface area contributed by atoms with Gasteiger partial charge in [-0.3, -0.25) is 0 Å². The molecule has 0 bridgehead atoms. The van der Waals surface area contributed by atoms with Crippen LogP contribution in [0.5, 0.6) is 11.5 Å². The maximum atomic E-state index is 11.9. The van der Waals surface area contributed by atoms with E-state index in [0.29, 0.717) is 11.5 Å². The lowest BCUT2D eigenvalue weighted by atomic mass is 9.58. The molecule has 146 valence electrons. The van der Waals surface area contributed by atoms with E-state index in [-0.39, 0.29) is 11.3 Å². The van der Waals surface area contributed by atoms with Gasteiger partial charge in [-0.2, -0.15) is 0 Å². The molecule has 1 saturated carbocycles. The molecule has 0 heterocycles. The number of rotatable bonds is 5. The van der Waals surface area contributed by atoms with Gasteiger partial charge in [-0.15, -0.1) is 0 Å². The summed E-state index contributed by atoms with van der Waals surface area (Å²) in [6.45, 7) is 4.39. The van der Waals surface area contributed by atoms with Gasteiger partial charge in [0, 0.05) is 11.6 Å². The van der Waals surface area contributed by atoms with E-state index in [1.807, 2.05) is 36.4 Å². The Bertz CT molecular complexity index is 802. The number of hydrogen-bond acceptors (Lipinski definition) is 4. The van der Waals surface area contributed by atoms with Crippen molar-refractivity contribution in [2.24, 2.45) is 5.92 Å². The maximum Gasteiger partial charge on any atom is 0.161 e. The molecule has 27 heavy (non-hydrogen) atoms. The molecule has 0 radical (unpaired) electrons. The lowest BCUT2D eigenvalue weighted by molar-refractivity contribution is -0.0811. The second kappa shape index (κ2) is 7.43. The van der Waals surface area contributed by atoms with Crippen molar-refractivity contribution in [2.75, 3.05) is 20.0 Å². The highest BCUT2D eigenvalue weighted by Gasteiger charge is 2.49. The van der Waals surface area contributed by atoms with Crippen molar-refractivity contribution in [3.05, 3.63) is 53.6 Å². The van der Waals surface area contributed by atoms with E-state index in [4.69, 9.17) is 15.2 Å². The van der Waals surface area contributed by atoms with Crippen molar-refractivity contribution >= 4 is 5.69 Å². The lowest BCUT2D eigenvalue weighted by Crippen LogP contribution is -2.47. The third-order valence-electron chi connectivity index (χ3n) is 6.29. The average molecular weight is 370 g/mol. The number of nitrogen functional groups attached to an aromatic ring is 1. The van der Waals surface area contributed by atoms with Crippen LogP contribution in [-0.4, -0.2) is 19.3 Å². The second-order valence-electron chi connectivity index (χ2n) is 8.10. The molecule has 1 aliphatic carbocycles. The van der Waals surface area contributed by atoms with Gasteiger partial charge in [-0.25, -0.2) is 0 Å². The van der Waals surface area contributed by atoms with Crippen molar-refractivity contribution in [3.8, 4) is 11.5 Å². The molecule has 2 atom stereocenters. The van der Waals surface area contributed by atoms with Crippen LogP contribution < -0.4 is 15.2 Å². The van der Waals surface area contributed by atoms with Crippen LogP contribution in [0.25, 0.3) is 0 Å². The summed E-state index contributed by atoms with van der Waals surface area (Å²) in [4.78, 5) is 0. The standard InChI is InChI=1S/C23H31NO3/c1-22(2,17-9-5-6-10-18(17)24)21-11-7-8-14-23(21,25)16-12-13-19(26-3)20(15-16)27-4/h5-6,9-10,12-13,15,21,25H,7-8,11,14,24H2,1-4H3. The summed E-state index contributed by atoms with van der Waals surface area (Å²) < 4.78 is 10.8. The summed E-state index contributed by atoms with van der Waals surface area (Å²) in [6, 6.07) is 13.8. The first-order valence-electron chi connectivity index (χ1n) is 9.64. The Kier molecular flexibility index (Phi) is 5.38. The van der Waals surface area contributed by atoms with Gasteiger partial charge in [-0.1, -0.05) is 51.0 Å². The van der Waals surface area contributed by atoms with Gasteiger partial charge in [-0.05, 0) is 47.6 Å². The van der Waals surface area contributed by atoms with Crippen LogP contribution in [0, 0.1) is 5.92 Å². The molecule has 0 spiro atoms. The molecule has 2 aromatic rings. The molecule has 4 heteroatoms. The van der Waals surface area contributed by atoms with Crippen LogP contribution in [0.4, 0.5) is 5.69 Å². The summed E-state index contributed by atoms with van der Waals surface area (Å²) >= 11 is 0. The van der Waals surface area contributed by atoms with Crippen molar-refractivity contribution in [2.45, 2.75) is 50.5 Å². The Morgan fingerprint density at radius 1 is 1.04 bits per heavy atom. The maximum absolute atomic E-state index is 11.9. The van der Waals surface area contributed by atoms with Crippen LogP contribution in [0.2, 0.25) is 0 Å². The summed E-state index contributed by atoms with van der Waals surface area (Å²) in [7, 11) is 3.25. The van der Waals surface area contributed by atoms with Crippen LogP contribution in [0.15, 0.2) is 42.5 Å². The number of ether oxygens (including phenoxy) is 2. The number of aliphatic hydroxyl groups is 1. The van der Waals surface area contributed by atoms with Crippen molar-refractivity contribution in [1.29, 1.82) is 0 Å². The number of hydrogen-bond donors (Lipinski definition) is 2. The van der Waals surface area contributed by atoms with Crippen molar-refractivity contribution in [1.82, 2.24) is 0 Å². The van der Waals surface area contributed by atoms with Gasteiger partial charge < -0.3 is 20.3 Å². The smallest absolute Gasteiger partial charge is 0.161 e. The third-order valence-corrected chi connectivity index (χ3v) is 6.29. The Balaban J connectivity index is 2.08. The van der Waals surface area contributed by atoms with E-state index < -0.39 is 5.60 Å². The Morgan fingerprint density at radius 2 is 1.74 bits per heavy atom. The molecule has 1 fully saturated rings. The number of benzene rings is 2. The van der Waals surface area contributed by atoms with Gasteiger partial charge in [0.25, 0.3) is 0 Å². The summed E-state index contributed by atoms with van der Waals surface area (Å²) in [6.07, 6.45) is 3.79. The number of para-hydroxylation sites is 1. The summed E-state index contributed by atoms with van der Waals surface area (Å²) in [5.74, 6) is 1.36. The zero-order valence-corrected chi connectivity index (χ0v) is 16.8. The highest BCUT2D eigenvalue weighted by atomic mass is 16.5. The van der Waals surface area contributed by atoms with Crippen LogP contribution in [0.3, 0.4) is 0 Å². The van der Waals surface area contributed by atoms with Gasteiger partial charge >= 0.3 is 0 Å². The van der Waals surface area contributed by atoms with Gasteiger partial charge in [0.05, 0.1) is 19.8 Å². The normalized spacial score (nSPS) is 23.1. The van der Waals surface area contributed by atoms with E-state index in [1.54, 1.807) is 14.2 Å². The fourth-order valence-electron chi connectivity index (χ4n) is 4.84. The molecular weight excluding hydrogens is 338 g/mol. The largest absolute Gasteiger partial charge is 0.493 e. The number of nitrogens with two attached hydrogens (primary N) is 1. The molecule has 0 saturated heterocycles. The lowest BCUT2D eigenvalue weighted by Gasteiger charge is -2.49. The molecule has 3 N–H and O–H groups in total. The van der Waals surface area contributed by atoms with Crippen LogP contribution in [0.1, 0.15) is 50.7 Å². The molecule has 2 aromatic carbocycles. The van der Waals surface area contributed by atoms with E-state index in [2.05, 4.69) is 19.9 Å². The van der Waals surface area contributed by atoms with Crippen molar-refractivity contribution < 1.29 is 14.6 Å². The zero-order chi connectivity index (χ0) is 19.7. The van der Waals surface area contributed by atoms with E-state index in [9.17, 15) is 5.11 Å². The molecular formula is C23H31NO3. The third kappa shape index (κ3) is 3.39. The molecule has 3 rings (SSSR count). The number of methoxy groups -OCH3 is 2. The average Bonchev–Trinajstić information content (AvgIpc) is 2.67. The predicted octanol–water partition coefficient (Wildman–Crippen LogP) is 4.64. The zero-order valence-electron chi connectivity index (χ0n) is 16.8. The molecule has 0 aromatic heterocycles. The van der Waals surface area contributed by atoms with E-state index in [1.165, 1.54) is 0 Å². The molecule has 2 unspecified atom stereocenters. The Morgan fingerprint density at radius 3 is 2.41 bits per heavy atom. The molecule has 0 amide bonds. The minimum absolute atomic E-state index is 0.0431. The SMILES string of the molecule is COc1ccc(C2(O)CCCCC2C(C)(C)c2ccccc2N)cc1OC. The predicted molar refractivity (Wildman–Crippen MR) is 109 cm³/mol. The van der Waals surface area contributed by atoms with Crippen molar-refractivity contribution in [3.63, 3.8) is 0 Å². The first kappa shape index (κ1) is 19.6. The Labute approximate surface area is 162 Å². The number of anilines is 1. The summed E-state index contributed by atoms with van der Waals surface area (Å²) in [5.41, 5.74) is 7.85. The topological polar surface area (TPSA) is 64.7 Å². The first-order valence-corrected chi connectivity index (χ1v) is 9.64. The fourth-order valence-corrected chi connectivity index (χ4v) is 4.84. The van der Waals surface area contributed by atoms with Crippen LogP contribution >= 0.6 is 0 Å². The fraction of sp³-hybridized carbons (Fsp3) is 0.478. The monoisotopic (exact) mass is 369 g/mol. The van der Waals surface area contributed by atoms with Gasteiger partial charge in [0.15, 0.2) is 11.5 Å². The van der Waals surface area contributed by atoms with Gasteiger partial charge in [0.2, 0.25) is 0 Å². The minimum atomic E-state index is -0.941. The highest BCUT2D eigenvalue weighted by Crippen LogP contribution is 2.52. The van der Waals surface area contributed by atoms with E-state index >= 15 is 0 Å². The molecule has 1 aliphatic rings. The second-order valence-corrected chi connectivity index (χ2v) is 8.10. The first-order chi connectivity index (χ1) is 12.8.